The van der Waals surface area contributed by atoms with Crippen molar-refractivity contribution in [3.8, 4) is 5.75 Å². The van der Waals surface area contributed by atoms with Gasteiger partial charge in [0.1, 0.15) is 29.5 Å². The Morgan fingerprint density at radius 3 is 2.53 bits per heavy atom. The van der Waals surface area contributed by atoms with E-state index in [1.165, 1.54) is 22.7 Å². The summed E-state index contributed by atoms with van der Waals surface area (Å²) in [6.45, 7) is 8.87. The van der Waals surface area contributed by atoms with Crippen LogP contribution < -0.4 is 15.4 Å². The van der Waals surface area contributed by atoms with E-state index >= 15 is 0 Å². The van der Waals surface area contributed by atoms with Crippen molar-refractivity contribution in [1.82, 2.24) is 20.0 Å². The Kier molecular flexibility index (Phi) is 9.50. The summed E-state index contributed by atoms with van der Waals surface area (Å²) in [5, 5.41) is 5.68. The van der Waals surface area contributed by atoms with Crippen LogP contribution in [0.2, 0.25) is 5.02 Å². The molecule has 206 valence electrons. The van der Waals surface area contributed by atoms with Gasteiger partial charge < -0.3 is 24.8 Å². The third kappa shape index (κ3) is 7.55. The number of aromatic nitrogens is 2. The van der Waals surface area contributed by atoms with Crippen LogP contribution in [0.1, 0.15) is 49.4 Å². The van der Waals surface area contributed by atoms with Crippen molar-refractivity contribution in [2.45, 2.75) is 52.9 Å². The lowest BCUT2D eigenvalue weighted by atomic mass is 10.2. The van der Waals surface area contributed by atoms with E-state index in [2.05, 4.69) is 15.6 Å². The number of carbonyl (C=O) groups excluding carboxylic acids is 2. The third-order valence-electron chi connectivity index (χ3n) is 5.23. The van der Waals surface area contributed by atoms with Gasteiger partial charge in [-0.3, -0.25) is 9.20 Å². The van der Waals surface area contributed by atoms with E-state index in [9.17, 15) is 18.4 Å². The molecule has 9 nitrogen and oxygen atoms in total. The largest absolute Gasteiger partial charge is 0.485 e. The molecule has 3 aromatic rings. The highest BCUT2D eigenvalue weighted by molar-refractivity contribution is 6.30. The van der Waals surface area contributed by atoms with Crippen LogP contribution in [0.4, 0.5) is 13.6 Å². The molecule has 1 aromatic carbocycles. The first-order chi connectivity index (χ1) is 17.9. The molecule has 1 atom stereocenters. The van der Waals surface area contributed by atoms with Crippen LogP contribution >= 0.6 is 11.6 Å². The van der Waals surface area contributed by atoms with Crippen molar-refractivity contribution in [2.24, 2.45) is 0 Å². The number of fused-ring (bicyclic) bond motifs is 1. The molecule has 2 heterocycles. The van der Waals surface area contributed by atoms with E-state index in [0.717, 1.165) is 12.1 Å². The fourth-order valence-electron chi connectivity index (χ4n) is 3.58. The minimum absolute atomic E-state index is 0.0553. The Labute approximate surface area is 224 Å². The average molecular weight is 553 g/mol. The quantitative estimate of drug-likeness (QED) is 0.374. The number of nitrogens with zero attached hydrogens (tertiary/aromatic N) is 2. The Hall–Kier alpha value is -3.44. The van der Waals surface area contributed by atoms with Crippen molar-refractivity contribution in [3.05, 3.63) is 64.1 Å². The highest BCUT2D eigenvalue weighted by Crippen LogP contribution is 2.28. The van der Waals surface area contributed by atoms with E-state index in [0.29, 0.717) is 12.3 Å². The number of benzene rings is 1. The molecule has 12 heteroatoms. The molecule has 0 saturated carbocycles. The summed E-state index contributed by atoms with van der Waals surface area (Å²) >= 11 is 6.28. The molecular weight excluding hydrogens is 522 g/mol. The summed E-state index contributed by atoms with van der Waals surface area (Å²) in [6.07, 6.45) is 0.859. The first kappa shape index (κ1) is 29.1. The number of hydrogen-bond donors (Lipinski definition) is 2. The molecule has 2 amide bonds. The molecule has 0 aliphatic heterocycles. The highest BCUT2D eigenvalue weighted by atomic mass is 35.5. The third-order valence-corrected chi connectivity index (χ3v) is 5.43. The number of halogens is 3. The number of nitrogens with one attached hydrogen (secondary N) is 2. The number of ether oxygens (including phenoxy) is 3. The van der Waals surface area contributed by atoms with Gasteiger partial charge in [0.15, 0.2) is 11.4 Å². The number of imidazole rings is 1. The molecule has 0 spiro atoms. The second-order valence-corrected chi connectivity index (χ2v) is 9.90. The van der Waals surface area contributed by atoms with Crippen molar-refractivity contribution < 1.29 is 32.6 Å². The molecule has 38 heavy (non-hydrogen) atoms. The highest BCUT2D eigenvalue weighted by Gasteiger charge is 2.24. The lowest BCUT2D eigenvalue weighted by molar-refractivity contribution is 0.0503. The maximum absolute atomic E-state index is 14.1. The van der Waals surface area contributed by atoms with E-state index < -0.39 is 41.9 Å². The van der Waals surface area contributed by atoms with E-state index in [4.69, 9.17) is 25.8 Å². The van der Waals surface area contributed by atoms with E-state index in [1.54, 1.807) is 27.7 Å². The van der Waals surface area contributed by atoms with Gasteiger partial charge in [-0.25, -0.2) is 18.6 Å². The second-order valence-electron chi connectivity index (χ2n) is 9.46. The number of carbonyl (C=O) groups is 2. The normalized spacial score (nSPS) is 12.3. The van der Waals surface area contributed by atoms with Crippen LogP contribution in [0.5, 0.6) is 5.75 Å². The summed E-state index contributed by atoms with van der Waals surface area (Å²) in [4.78, 5) is 29.8. The van der Waals surface area contributed by atoms with Gasteiger partial charge in [-0.1, -0.05) is 17.7 Å². The average Bonchev–Trinajstić information content (AvgIpc) is 3.14. The summed E-state index contributed by atoms with van der Waals surface area (Å²) < 4.78 is 46.0. The van der Waals surface area contributed by atoms with Gasteiger partial charge in [0.2, 0.25) is 0 Å². The smallest absolute Gasteiger partial charge is 0.407 e. The van der Waals surface area contributed by atoms with Crippen molar-refractivity contribution in [3.63, 3.8) is 0 Å². The van der Waals surface area contributed by atoms with Crippen LogP contribution in [0, 0.1) is 18.6 Å². The Balaban J connectivity index is 1.82. The summed E-state index contributed by atoms with van der Waals surface area (Å²) in [5.74, 6) is -1.86. The van der Waals surface area contributed by atoms with Gasteiger partial charge in [-0.2, -0.15) is 0 Å². The molecule has 1 unspecified atom stereocenters. The van der Waals surface area contributed by atoms with Crippen molar-refractivity contribution in [1.29, 1.82) is 0 Å². The molecule has 0 fully saturated rings. The first-order valence-electron chi connectivity index (χ1n) is 12.0. The predicted molar refractivity (Wildman–Crippen MR) is 138 cm³/mol. The monoisotopic (exact) mass is 552 g/mol. The zero-order chi connectivity index (χ0) is 28.0. The first-order valence-corrected chi connectivity index (χ1v) is 12.4. The summed E-state index contributed by atoms with van der Waals surface area (Å²) in [7, 11) is 0. The minimum atomic E-state index is -0.747. The van der Waals surface area contributed by atoms with Gasteiger partial charge in [0.05, 0.1) is 28.9 Å². The topological polar surface area (TPSA) is 103 Å². The van der Waals surface area contributed by atoms with Gasteiger partial charge in [-0.15, -0.1) is 0 Å². The number of pyridine rings is 1. The fraction of sp³-hybridized carbons (Fsp3) is 0.423. The maximum atomic E-state index is 14.1. The molecular formula is C26H31ClF2N4O5. The second kappa shape index (κ2) is 12.4. The predicted octanol–water partition coefficient (Wildman–Crippen LogP) is 4.81. The molecule has 0 aliphatic rings. The lowest BCUT2D eigenvalue weighted by Gasteiger charge is -2.22. The lowest BCUT2D eigenvalue weighted by Crippen LogP contribution is -2.47. The van der Waals surface area contributed by atoms with Crippen LogP contribution in [-0.2, 0) is 16.1 Å². The molecule has 3 rings (SSSR count). The van der Waals surface area contributed by atoms with Gasteiger partial charge in [-0.05, 0) is 46.8 Å². The van der Waals surface area contributed by atoms with Crippen molar-refractivity contribution in [2.75, 3.05) is 19.8 Å². The number of aryl methyl sites for hydroxylation is 1. The van der Waals surface area contributed by atoms with E-state index in [-0.39, 0.29) is 40.8 Å². The number of hydrogen-bond acceptors (Lipinski definition) is 6. The van der Waals surface area contributed by atoms with Crippen LogP contribution in [0.3, 0.4) is 0 Å². The maximum Gasteiger partial charge on any atom is 0.407 e. The molecule has 2 aromatic heterocycles. The van der Waals surface area contributed by atoms with E-state index in [1.807, 2.05) is 6.92 Å². The molecule has 0 aliphatic carbocycles. The fourth-order valence-corrected chi connectivity index (χ4v) is 3.78. The standard InChI is InChI=1S/C26H31ClF2N4O5/c1-6-36-13-17(11-30-25(35)38-26(3,4)5)32-24(34)22-15(2)31-23-21(10-16(27)12-33(22)23)37-14-18-19(28)8-7-9-20(18)29/h7-10,12,17H,6,11,13-14H2,1-5H3,(H,30,35)(H,32,34). The van der Waals surface area contributed by atoms with Crippen LogP contribution in [0.15, 0.2) is 30.5 Å². The van der Waals surface area contributed by atoms with Crippen LogP contribution in [-0.4, -0.2) is 52.8 Å². The number of amides is 2. The SMILES string of the molecule is CCOCC(CNC(=O)OC(C)(C)C)NC(=O)c1c(C)nc2c(OCc3c(F)cccc3F)cc(Cl)cn12. The number of rotatable bonds is 10. The molecule has 0 saturated heterocycles. The molecule has 0 radical (unpaired) electrons. The van der Waals surface area contributed by atoms with Gasteiger partial charge >= 0.3 is 6.09 Å². The molecule has 2 N–H and O–H groups in total. The summed E-state index contributed by atoms with van der Waals surface area (Å²) in [5.41, 5.74) is -0.150. The minimum Gasteiger partial charge on any atom is -0.485 e. The zero-order valence-corrected chi connectivity index (χ0v) is 22.6. The Morgan fingerprint density at radius 1 is 1.21 bits per heavy atom. The number of alkyl carbamates (subject to hydrolysis) is 1. The molecule has 0 bridgehead atoms. The zero-order valence-electron chi connectivity index (χ0n) is 21.9. The van der Waals surface area contributed by atoms with Crippen LogP contribution in [0.25, 0.3) is 5.65 Å². The van der Waals surface area contributed by atoms with Gasteiger partial charge in [0.25, 0.3) is 5.91 Å². The Morgan fingerprint density at radius 2 is 1.89 bits per heavy atom. The van der Waals surface area contributed by atoms with Crippen molar-refractivity contribution >= 4 is 29.2 Å². The van der Waals surface area contributed by atoms with Gasteiger partial charge in [0, 0.05) is 25.4 Å². The summed E-state index contributed by atoms with van der Waals surface area (Å²) in [6, 6.07) is 4.39. The Bertz CT molecular complexity index is 1290.